The van der Waals surface area contributed by atoms with E-state index in [-0.39, 0.29) is 10.9 Å². The van der Waals surface area contributed by atoms with Crippen molar-refractivity contribution in [2.75, 3.05) is 7.05 Å². The van der Waals surface area contributed by atoms with Gasteiger partial charge in [-0.3, -0.25) is 4.79 Å². The first-order valence-electron chi connectivity index (χ1n) is 6.63. The quantitative estimate of drug-likeness (QED) is 0.863. The average molecular weight is 302 g/mol. The number of thiocarbonyl (C=S) groups is 1. The lowest BCUT2D eigenvalue weighted by Crippen LogP contribution is -2.37. The number of nitrogens with two attached hydrogens (primary N) is 1. The van der Waals surface area contributed by atoms with E-state index < -0.39 is 5.92 Å². The van der Waals surface area contributed by atoms with Crippen LogP contribution in [0, 0.1) is 6.92 Å². The Morgan fingerprint density at radius 2 is 2.00 bits per heavy atom. The normalized spacial score (nSPS) is 11.9. The molecule has 1 aromatic heterocycles. The number of amides is 1. The highest BCUT2D eigenvalue weighted by Gasteiger charge is 2.26. The summed E-state index contributed by atoms with van der Waals surface area (Å²) in [5.41, 5.74) is 7.56. The van der Waals surface area contributed by atoms with Gasteiger partial charge in [-0.1, -0.05) is 42.5 Å². The maximum absolute atomic E-state index is 12.7. The second-order valence-corrected chi connectivity index (χ2v) is 5.41. The van der Waals surface area contributed by atoms with Gasteiger partial charge in [-0.25, -0.2) is 0 Å². The van der Waals surface area contributed by atoms with Crippen molar-refractivity contribution in [3.63, 3.8) is 0 Å². The first-order chi connectivity index (χ1) is 10.0. The molecule has 1 atom stereocenters. The topological polar surface area (TPSA) is 59.5 Å². The summed E-state index contributed by atoms with van der Waals surface area (Å²) in [6, 6.07) is 11.2. The third-order valence-corrected chi connectivity index (χ3v) is 3.65. The predicted molar refractivity (Wildman–Crippen MR) is 85.9 cm³/mol. The van der Waals surface area contributed by atoms with Gasteiger partial charge in [0.25, 0.3) is 0 Å². The molecule has 0 saturated carbocycles. The second kappa shape index (κ2) is 6.54. The van der Waals surface area contributed by atoms with Gasteiger partial charge >= 0.3 is 0 Å². The Kier molecular flexibility index (Phi) is 4.75. The lowest BCUT2D eigenvalue weighted by atomic mass is 9.97. The molecule has 1 aromatic carbocycles. The number of benzene rings is 1. The second-order valence-electron chi connectivity index (χ2n) is 4.94. The average Bonchev–Trinajstić information content (AvgIpc) is 2.85. The molecule has 0 saturated heterocycles. The molecule has 0 bridgehead atoms. The van der Waals surface area contributed by atoms with Gasteiger partial charge in [0.2, 0.25) is 5.91 Å². The van der Waals surface area contributed by atoms with Crippen LogP contribution >= 0.6 is 12.2 Å². The maximum Gasteiger partial charge on any atom is 0.237 e. The van der Waals surface area contributed by atoms with Gasteiger partial charge in [-0.05, 0) is 18.6 Å². The molecular weight excluding hydrogens is 284 g/mol. The zero-order chi connectivity index (χ0) is 15.4. The highest BCUT2D eigenvalue weighted by atomic mass is 32.1. The van der Waals surface area contributed by atoms with Crippen molar-refractivity contribution in [3.8, 4) is 0 Å². The van der Waals surface area contributed by atoms with Crippen LogP contribution in [0.15, 0.2) is 47.1 Å². The third-order valence-electron chi connectivity index (χ3n) is 3.41. The van der Waals surface area contributed by atoms with E-state index in [1.54, 1.807) is 18.2 Å². The summed E-state index contributed by atoms with van der Waals surface area (Å²) in [4.78, 5) is 14.5. The zero-order valence-electron chi connectivity index (χ0n) is 12.1. The number of carbonyl (C=O) groups excluding carboxylic acids is 1. The first kappa shape index (κ1) is 15.3. The number of rotatable bonds is 5. The van der Waals surface area contributed by atoms with Crippen molar-refractivity contribution in [1.82, 2.24) is 4.90 Å². The smallest absolute Gasteiger partial charge is 0.237 e. The molecule has 2 N–H and O–H groups in total. The van der Waals surface area contributed by atoms with Gasteiger partial charge < -0.3 is 15.1 Å². The Morgan fingerprint density at radius 1 is 1.33 bits per heavy atom. The number of nitrogens with zero attached hydrogens (tertiary/aromatic N) is 1. The molecule has 0 spiro atoms. The van der Waals surface area contributed by atoms with E-state index in [9.17, 15) is 4.79 Å². The van der Waals surface area contributed by atoms with Crippen LogP contribution in [-0.2, 0) is 11.3 Å². The molecule has 5 heteroatoms. The Morgan fingerprint density at radius 3 is 2.52 bits per heavy atom. The van der Waals surface area contributed by atoms with Crippen molar-refractivity contribution < 1.29 is 9.21 Å². The largest absolute Gasteiger partial charge is 0.469 e. The lowest BCUT2D eigenvalue weighted by molar-refractivity contribution is -0.130. The first-order valence-corrected chi connectivity index (χ1v) is 7.03. The van der Waals surface area contributed by atoms with Gasteiger partial charge in [0.05, 0.1) is 11.3 Å². The minimum Gasteiger partial charge on any atom is -0.469 e. The molecule has 0 radical (unpaired) electrons. The molecule has 4 nitrogen and oxygen atoms in total. The molecule has 0 aliphatic rings. The fourth-order valence-electron chi connectivity index (χ4n) is 2.20. The molecule has 2 rings (SSSR count). The number of furan rings is 1. The van der Waals surface area contributed by atoms with E-state index >= 15 is 0 Å². The summed E-state index contributed by atoms with van der Waals surface area (Å²) in [5.74, 6) is 0.0916. The molecular formula is C16H18N2O2S. The summed E-state index contributed by atoms with van der Waals surface area (Å²) >= 11 is 5.08. The van der Waals surface area contributed by atoms with Crippen molar-refractivity contribution in [2.45, 2.75) is 19.4 Å². The van der Waals surface area contributed by atoms with E-state index in [4.69, 9.17) is 22.4 Å². The van der Waals surface area contributed by atoms with Crippen LogP contribution in [0.5, 0.6) is 0 Å². The van der Waals surface area contributed by atoms with Crippen molar-refractivity contribution in [1.29, 1.82) is 0 Å². The van der Waals surface area contributed by atoms with Gasteiger partial charge in [0, 0.05) is 19.2 Å². The van der Waals surface area contributed by atoms with Crippen LogP contribution in [-0.4, -0.2) is 22.8 Å². The van der Waals surface area contributed by atoms with Crippen LogP contribution in [0.3, 0.4) is 0 Å². The Hall–Kier alpha value is -2.14. The van der Waals surface area contributed by atoms with E-state index in [1.807, 2.05) is 43.3 Å². The number of aryl methyl sites for hydroxylation is 1. The van der Waals surface area contributed by atoms with Crippen LogP contribution in [0.4, 0.5) is 0 Å². The predicted octanol–water partition coefficient (Wildman–Crippen LogP) is 2.62. The van der Waals surface area contributed by atoms with E-state index in [0.29, 0.717) is 6.54 Å². The minimum atomic E-state index is -0.599. The number of likely N-dealkylation sites (N-methyl/N-ethyl adjacent to an activating group) is 1. The molecule has 1 heterocycles. The third kappa shape index (κ3) is 3.49. The summed E-state index contributed by atoms with van der Waals surface area (Å²) in [6.45, 7) is 2.34. The van der Waals surface area contributed by atoms with E-state index in [0.717, 1.165) is 16.9 Å². The number of carbonyl (C=O) groups is 1. The molecule has 0 aliphatic carbocycles. The van der Waals surface area contributed by atoms with Crippen molar-refractivity contribution >= 4 is 23.1 Å². The minimum absolute atomic E-state index is 0.116. The Labute approximate surface area is 129 Å². The monoisotopic (exact) mass is 302 g/mol. The lowest BCUT2D eigenvalue weighted by Gasteiger charge is -2.23. The molecule has 1 unspecified atom stereocenters. The molecule has 1 amide bonds. The summed E-state index contributed by atoms with van der Waals surface area (Å²) in [7, 11) is 1.74. The van der Waals surface area contributed by atoms with Crippen LogP contribution < -0.4 is 5.73 Å². The summed E-state index contributed by atoms with van der Waals surface area (Å²) < 4.78 is 5.25. The maximum atomic E-state index is 12.7. The fraction of sp³-hybridized carbons (Fsp3) is 0.250. The number of hydrogen-bond acceptors (Lipinski definition) is 3. The fourth-order valence-corrected chi connectivity index (χ4v) is 2.44. The highest BCUT2D eigenvalue weighted by Crippen LogP contribution is 2.20. The molecule has 2 aromatic rings. The molecule has 21 heavy (non-hydrogen) atoms. The van der Waals surface area contributed by atoms with Crippen LogP contribution in [0.1, 0.15) is 22.8 Å². The van der Waals surface area contributed by atoms with Crippen molar-refractivity contribution in [2.24, 2.45) is 5.73 Å². The van der Waals surface area contributed by atoms with E-state index in [2.05, 4.69) is 0 Å². The van der Waals surface area contributed by atoms with Gasteiger partial charge in [-0.2, -0.15) is 0 Å². The van der Waals surface area contributed by atoms with E-state index in [1.165, 1.54) is 0 Å². The van der Waals surface area contributed by atoms with Crippen LogP contribution in [0.25, 0.3) is 0 Å². The summed E-state index contributed by atoms with van der Waals surface area (Å²) in [5, 5.41) is 0. The molecule has 0 aliphatic heterocycles. The van der Waals surface area contributed by atoms with Gasteiger partial charge in [0.15, 0.2) is 0 Å². The SMILES string of the molecule is Cc1occc1CN(C)C(=O)C(C(N)=S)c1ccccc1. The van der Waals surface area contributed by atoms with Crippen molar-refractivity contribution in [3.05, 3.63) is 59.5 Å². The number of hydrogen-bond donors (Lipinski definition) is 1. The Balaban J connectivity index is 2.19. The molecule has 0 fully saturated rings. The molecule has 110 valence electrons. The summed E-state index contributed by atoms with van der Waals surface area (Å²) in [6.07, 6.45) is 1.62. The Bertz CT molecular complexity index is 637. The van der Waals surface area contributed by atoms with Gasteiger partial charge in [-0.15, -0.1) is 0 Å². The highest BCUT2D eigenvalue weighted by molar-refractivity contribution is 7.80. The van der Waals surface area contributed by atoms with Gasteiger partial charge in [0.1, 0.15) is 11.7 Å². The van der Waals surface area contributed by atoms with Crippen LogP contribution in [0.2, 0.25) is 0 Å². The zero-order valence-corrected chi connectivity index (χ0v) is 12.9. The standard InChI is InChI=1S/C16H18N2O2S/c1-11-13(8-9-20-11)10-18(2)16(19)14(15(17)21)12-6-4-3-5-7-12/h3-9,14H,10H2,1-2H3,(H2,17,21).